The zero-order valence-corrected chi connectivity index (χ0v) is 13.3. The highest BCUT2D eigenvalue weighted by Gasteiger charge is 2.21. The number of carbonyl (C=O) groups is 1. The van der Waals surface area contributed by atoms with Crippen LogP contribution < -0.4 is 5.32 Å². The summed E-state index contributed by atoms with van der Waals surface area (Å²) in [6.45, 7) is 0. The van der Waals surface area contributed by atoms with Gasteiger partial charge in [-0.2, -0.15) is 0 Å². The largest absolute Gasteiger partial charge is 0.349 e. The number of aryl methyl sites for hydroxylation is 1. The van der Waals surface area contributed by atoms with E-state index in [0.29, 0.717) is 0 Å². The summed E-state index contributed by atoms with van der Waals surface area (Å²) in [7, 11) is 0. The van der Waals surface area contributed by atoms with Gasteiger partial charge in [0.25, 0.3) is 0 Å². The molecule has 1 aliphatic carbocycles. The third-order valence-corrected chi connectivity index (χ3v) is 5.01. The fraction of sp³-hybridized carbons (Fsp3) is 0.278. The molecule has 0 bridgehead atoms. The minimum atomic E-state index is -0.634. The van der Waals surface area contributed by atoms with Crippen LogP contribution in [-0.2, 0) is 11.2 Å². The van der Waals surface area contributed by atoms with Crippen molar-refractivity contribution in [3.63, 3.8) is 0 Å². The van der Waals surface area contributed by atoms with Crippen LogP contribution in [0.3, 0.4) is 0 Å². The van der Waals surface area contributed by atoms with Crippen LogP contribution in [0.1, 0.15) is 30.0 Å². The van der Waals surface area contributed by atoms with Crippen molar-refractivity contribution in [1.29, 1.82) is 0 Å². The van der Waals surface area contributed by atoms with E-state index >= 15 is 0 Å². The Hall–Kier alpha value is -1.88. The number of amides is 1. The van der Waals surface area contributed by atoms with Gasteiger partial charge in [-0.15, -0.1) is 11.8 Å². The van der Waals surface area contributed by atoms with E-state index < -0.39 is 11.6 Å². The summed E-state index contributed by atoms with van der Waals surface area (Å²) in [4.78, 5) is 12.4. The molecule has 0 unspecified atom stereocenters. The lowest BCUT2D eigenvalue weighted by Crippen LogP contribution is -2.32. The van der Waals surface area contributed by atoms with Crippen LogP contribution in [-0.4, -0.2) is 11.7 Å². The number of hydrogen-bond donors (Lipinski definition) is 1. The van der Waals surface area contributed by atoms with E-state index in [2.05, 4.69) is 11.4 Å². The molecule has 1 atom stereocenters. The smallest absolute Gasteiger partial charge is 0.230 e. The SMILES string of the molecule is O=C(CSc1ccc(F)cc1F)N[C@H]1CCCc2ccccc21. The predicted molar refractivity (Wildman–Crippen MR) is 87.3 cm³/mol. The Balaban J connectivity index is 1.60. The maximum atomic E-state index is 13.6. The summed E-state index contributed by atoms with van der Waals surface area (Å²) >= 11 is 1.08. The molecule has 2 aromatic rings. The lowest BCUT2D eigenvalue weighted by atomic mass is 9.88. The number of hydrogen-bond acceptors (Lipinski definition) is 2. The molecular formula is C18H17F2NOS. The zero-order chi connectivity index (χ0) is 16.2. The number of fused-ring (bicyclic) bond motifs is 1. The van der Waals surface area contributed by atoms with E-state index in [1.165, 1.54) is 23.3 Å². The second-order valence-corrected chi connectivity index (χ2v) is 6.59. The first-order valence-electron chi connectivity index (χ1n) is 7.58. The number of rotatable bonds is 4. The molecule has 0 spiro atoms. The third-order valence-electron chi connectivity index (χ3n) is 3.96. The van der Waals surface area contributed by atoms with Crippen LogP contribution in [0.4, 0.5) is 8.78 Å². The van der Waals surface area contributed by atoms with Crippen molar-refractivity contribution >= 4 is 17.7 Å². The first kappa shape index (κ1) is 16.0. The number of carbonyl (C=O) groups excluding carboxylic acids is 1. The molecule has 1 amide bonds. The fourth-order valence-corrected chi connectivity index (χ4v) is 3.61. The highest BCUT2D eigenvalue weighted by Crippen LogP contribution is 2.29. The predicted octanol–water partition coefficient (Wildman–Crippen LogP) is 4.25. The molecule has 3 rings (SSSR count). The van der Waals surface area contributed by atoms with Gasteiger partial charge in [0.1, 0.15) is 11.6 Å². The maximum Gasteiger partial charge on any atom is 0.230 e. The summed E-state index contributed by atoms with van der Waals surface area (Å²) < 4.78 is 26.4. The van der Waals surface area contributed by atoms with E-state index in [0.717, 1.165) is 37.1 Å². The molecule has 1 aliphatic rings. The average molecular weight is 333 g/mol. The molecule has 0 radical (unpaired) electrons. The Morgan fingerprint density at radius 3 is 2.87 bits per heavy atom. The van der Waals surface area contributed by atoms with Gasteiger partial charge >= 0.3 is 0 Å². The number of halogens is 2. The highest BCUT2D eigenvalue weighted by molar-refractivity contribution is 8.00. The molecule has 0 aromatic heterocycles. The molecule has 23 heavy (non-hydrogen) atoms. The summed E-state index contributed by atoms with van der Waals surface area (Å²) in [6, 6.07) is 11.5. The van der Waals surface area contributed by atoms with Crippen LogP contribution in [0, 0.1) is 11.6 Å². The first-order valence-corrected chi connectivity index (χ1v) is 8.57. The molecule has 0 saturated heterocycles. The Kier molecular flexibility index (Phi) is 4.96. The average Bonchev–Trinajstić information content (AvgIpc) is 2.54. The standard InChI is InChI=1S/C18H17F2NOS/c19-13-8-9-17(15(20)10-13)23-11-18(22)21-16-7-3-5-12-4-1-2-6-14(12)16/h1-2,4,6,8-10,16H,3,5,7,11H2,(H,21,22)/t16-/m0/s1. The molecule has 5 heteroatoms. The Morgan fingerprint density at radius 2 is 2.04 bits per heavy atom. The topological polar surface area (TPSA) is 29.1 Å². The Morgan fingerprint density at radius 1 is 1.22 bits per heavy atom. The van der Waals surface area contributed by atoms with Gasteiger partial charge in [-0.3, -0.25) is 4.79 Å². The summed E-state index contributed by atoms with van der Waals surface area (Å²) in [6.07, 6.45) is 3.00. The van der Waals surface area contributed by atoms with E-state index in [9.17, 15) is 13.6 Å². The maximum absolute atomic E-state index is 13.6. The van der Waals surface area contributed by atoms with Crippen LogP contribution in [0.25, 0.3) is 0 Å². The highest BCUT2D eigenvalue weighted by atomic mass is 32.2. The van der Waals surface area contributed by atoms with Gasteiger partial charge < -0.3 is 5.32 Å². The fourth-order valence-electron chi connectivity index (χ4n) is 2.88. The van der Waals surface area contributed by atoms with Gasteiger partial charge in [-0.25, -0.2) is 8.78 Å². The molecule has 1 N–H and O–H groups in total. The lowest BCUT2D eigenvalue weighted by Gasteiger charge is -2.26. The molecular weight excluding hydrogens is 316 g/mol. The zero-order valence-electron chi connectivity index (χ0n) is 12.5. The Labute approximate surface area is 138 Å². The van der Waals surface area contributed by atoms with Crippen molar-refractivity contribution in [1.82, 2.24) is 5.32 Å². The normalized spacial score (nSPS) is 16.7. The van der Waals surface area contributed by atoms with Crippen molar-refractivity contribution in [2.45, 2.75) is 30.2 Å². The molecule has 0 fully saturated rings. The number of benzene rings is 2. The van der Waals surface area contributed by atoms with E-state index in [1.807, 2.05) is 18.2 Å². The summed E-state index contributed by atoms with van der Waals surface area (Å²) in [5.74, 6) is -1.28. The van der Waals surface area contributed by atoms with Crippen LogP contribution in [0.15, 0.2) is 47.4 Å². The molecule has 2 aromatic carbocycles. The quantitative estimate of drug-likeness (QED) is 0.848. The molecule has 0 aliphatic heterocycles. The molecule has 120 valence electrons. The first-order chi connectivity index (χ1) is 11.1. The number of thioether (sulfide) groups is 1. The second-order valence-electron chi connectivity index (χ2n) is 5.57. The summed E-state index contributed by atoms with van der Waals surface area (Å²) in [5.41, 5.74) is 2.45. The van der Waals surface area contributed by atoms with E-state index in [1.54, 1.807) is 0 Å². The minimum absolute atomic E-state index is 0.0196. The molecule has 0 heterocycles. The van der Waals surface area contributed by atoms with Gasteiger partial charge in [-0.1, -0.05) is 24.3 Å². The van der Waals surface area contributed by atoms with E-state index in [-0.39, 0.29) is 22.6 Å². The van der Waals surface area contributed by atoms with Crippen molar-refractivity contribution in [3.05, 3.63) is 65.2 Å². The van der Waals surface area contributed by atoms with Gasteiger partial charge in [-0.05, 0) is 42.5 Å². The van der Waals surface area contributed by atoms with Crippen molar-refractivity contribution < 1.29 is 13.6 Å². The second kappa shape index (κ2) is 7.13. The lowest BCUT2D eigenvalue weighted by molar-refractivity contribution is -0.119. The third kappa shape index (κ3) is 3.91. The molecule has 2 nitrogen and oxygen atoms in total. The monoisotopic (exact) mass is 333 g/mol. The number of nitrogens with one attached hydrogen (secondary N) is 1. The van der Waals surface area contributed by atoms with Crippen molar-refractivity contribution in [3.8, 4) is 0 Å². The van der Waals surface area contributed by atoms with Gasteiger partial charge in [0.2, 0.25) is 5.91 Å². The minimum Gasteiger partial charge on any atom is -0.349 e. The van der Waals surface area contributed by atoms with Crippen LogP contribution in [0.5, 0.6) is 0 Å². The van der Waals surface area contributed by atoms with E-state index in [4.69, 9.17) is 0 Å². The van der Waals surface area contributed by atoms with Crippen LogP contribution >= 0.6 is 11.8 Å². The molecule has 0 saturated carbocycles. The van der Waals surface area contributed by atoms with Gasteiger partial charge in [0.05, 0.1) is 11.8 Å². The van der Waals surface area contributed by atoms with Gasteiger partial charge in [0.15, 0.2) is 0 Å². The summed E-state index contributed by atoms with van der Waals surface area (Å²) in [5, 5.41) is 3.02. The van der Waals surface area contributed by atoms with Crippen molar-refractivity contribution in [2.75, 3.05) is 5.75 Å². The Bertz CT molecular complexity index is 720. The van der Waals surface area contributed by atoms with Crippen molar-refractivity contribution in [2.24, 2.45) is 0 Å². The van der Waals surface area contributed by atoms with Gasteiger partial charge in [0, 0.05) is 11.0 Å². The van der Waals surface area contributed by atoms with Crippen LogP contribution in [0.2, 0.25) is 0 Å².